The number of hydrogen-bond acceptors (Lipinski definition) is 6. The van der Waals surface area contributed by atoms with Gasteiger partial charge in [-0.1, -0.05) is 30.3 Å². The van der Waals surface area contributed by atoms with E-state index in [-0.39, 0.29) is 39.0 Å². The highest BCUT2D eigenvalue weighted by Gasteiger charge is 2.48. The third-order valence-corrected chi connectivity index (χ3v) is 4.65. The van der Waals surface area contributed by atoms with Gasteiger partial charge in [0, 0.05) is 6.61 Å². The predicted octanol–water partition coefficient (Wildman–Crippen LogP) is 3.28. The maximum absolute atomic E-state index is 12.9. The molecule has 1 aliphatic rings. The van der Waals surface area contributed by atoms with Gasteiger partial charge < -0.3 is 18.9 Å². The van der Waals surface area contributed by atoms with Crippen LogP contribution in [0.25, 0.3) is 0 Å². The largest absolute Gasteiger partial charge is 0.465 e. The summed E-state index contributed by atoms with van der Waals surface area (Å²) in [5.74, 6) is -1.14. The molecule has 1 unspecified atom stereocenters. The second kappa shape index (κ2) is 11.0. The van der Waals surface area contributed by atoms with Gasteiger partial charge in [0.1, 0.15) is 0 Å². The molecule has 6 heteroatoms. The van der Waals surface area contributed by atoms with Crippen LogP contribution in [0.1, 0.15) is 45.1 Å². The molecule has 2 rings (SSSR count). The summed E-state index contributed by atoms with van der Waals surface area (Å²) in [4.78, 5) is 25.7. The fourth-order valence-corrected chi connectivity index (χ4v) is 3.21. The molecule has 0 saturated carbocycles. The molecule has 0 aromatic heterocycles. The summed E-state index contributed by atoms with van der Waals surface area (Å²) >= 11 is 0. The van der Waals surface area contributed by atoms with Crippen molar-refractivity contribution in [3.8, 4) is 0 Å². The topological polar surface area (TPSA) is 71.1 Å². The zero-order valence-corrected chi connectivity index (χ0v) is 16.3. The average Bonchev–Trinajstić information content (AvgIpc) is 2.69. The van der Waals surface area contributed by atoms with Crippen LogP contribution in [-0.2, 0) is 35.0 Å². The Morgan fingerprint density at radius 3 is 2.30 bits per heavy atom. The second-order valence-corrected chi connectivity index (χ2v) is 6.60. The van der Waals surface area contributed by atoms with Gasteiger partial charge in [-0.15, -0.1) is 0 Å². The SMILES string of the molecule is CCOC(=O)C(CCOC1CCCCO1)(Cc1ccccc1)C(=O)OCC. The lowest BCUT2D eigenvalue weighted by Crippen LogP contribution is -2.45. The van der Waals surface area contributed by atoms with Gasteiger partial charge in [-0.05, 0) is 51.5 Å². The third kappa shape index (κ3) is 6.04. The van der Waals surface area contributed by atoms with Crippen LogP contribution in [0.3, 0.4) is 0 Å². The van der Waals surface area contributed by atoms with Gasteiger partial charge in [-0.25, -0.2) is 0 Å². The lowest BCUT2D eigenvalue weighted by molar-refractivity contribution is -0.183. The Bertz CT molecular complexity index is 562. The summed E-state index contributed by atoms with van der Waals surface area (Å²) in [6.45, 7) is 4.73. The normalized spacial score (nSPS) is 17.3. The fourth-order valence-electron chi connectivity index (χ4n) is 3.21. The Labute approximate surface area is 161 Å². The standard InChI is InChI=1S/C21H30O6/c1-3-24-19(22)21(20(23)25-4-2,16-17-10-6-5-7-11-17)13-15-27-18-12-8-9-14-26-18/h5-7,10-11,18H,3-4,8-9,12-16H2,1-2H3. The number of ether oxygens (including phenoxy) is 4. The summed E-state index contributed by atoms with van der Waals surface area (Å²) in [7, 11) is 0. The predicted molar refractivity (Wildman–Crippen MR) is 100 cm³/mol. The van der Waals surface area contributed by atoms with Crippen molar-refractivity contribution in [3.63, 3.8) is 0 Å². The highest BCUT2D eigenvalue weighted by molar-refractivity contribution is 6.00. The summed E-state index contributed by atoms with van der Waals surface area (Å²) < 4.78 is 21.9. The van der Waals surface area contributed by atoms with E-state index in [0.717, 1.165) is 24.8 Å². The maximum atomic E-state index is 12.9. The van der Waals surface area contributed by atoms with Crippen molar-refractivity contribution >= 4 is 11.9 Å². The van der Waals surface area contributed by atoms with Gasteiger partial charge in [0.2, 0.25) is 0 Å². The molecule has 6 nitrogen and oxygen atoms in total. The van der Waals surface area contributed by atoms with E-state index < -0.39 is 17.4 Å². The molecule has 0 aliphatic carbocycles. The van der Waals surface area contributed by atoms with E-state index in [1.165, 1.54) is 0 Å². The molecule has 150 valence electrons. The molecule has 0 N–H and O–H groups in total. The van der Waals surface area contributed by atoms with Crippen molar-refractivity contribution in [1.29, 1.82) is 0 Å². The van der Waals surface area contributed by atoms with Crippen LogP contribution in [0.5, 0.6) is 0 Å². The van der Waals surface area contributed by atoms with Crippen molar-refractivity contribution in [2.75, 3.05) is 26.4 Å². The molecular formula is C21H30O6. The zero-order chi connectivity index (χ0) is 19.5. The number of carbonyl (C=O) groups excluding carboxylic acids is 2. The number of carbonyl (C=O) groups is 2. The van der Waals surface area contributed by atoms with Gasteiger partial charge >= 0.3 is 11.9 Å². The van der Waals surface area contributed by atoms with Gasteiger partial charge in [0.25, 0.3) is 0 Å². The summed E-state index contributed by atoms with van der Waals surface area (Å²) in [5.41, 5.74) is -0.560. The molecule has 0 bridgehead atoms. The molecule has 1 aromatic rings. The molecule has 1 atom stereocenters. The Balaban J connectivity index is 2.19. The minimum absolute atomic E-state index is 0.180. The van der Waals surface area contributed by atoms with Crippen LogP contribution < -0.4 is 0 Å². The minimum Gasteiger partial charge on any atom is -0.465 e. The molecule has 1 heterocycles. The van der Waals surface area contributed by atoms with E-state index in [2.05, 4.69) is 0 Å². The molecule has 27 heavy (non-hydrogen) atoms. The molecule has 1 saturated heterocycles. The van der Waals surface area contributed by atoms with Crippen molar-refractivity contribution in [2.24, 2.45) is 5.41 Å². The van der Waals surface area contributed by atoms with E-state index in [4.69, 9.17) is 18.9 Å². The van der Waals surface area contributed by atoms with E-state index in [0.29, 0.717) is 6.61 Å². The first-order valence-electron chi connectivity index (χ1n) is 9.74. The summed E-state index contributed by atoms with van der Waals surface area (Å²) in [6, 6.07) is 9.42. The van der Waals surface area contributed by atoms with Crippen LogP contribution in [0.4, 0.5) is 0 Å². The van der Waals surface area contributed by atoms with Crippen LogP contribution in [0, 0.1) is 5.41 Å². The van der Waals surface area contributed by atoms with Crippen molar-refractivity contribution in [3.05, 3.63) is 35.9 Å². The van der Waals surface area contributed by atoms with Crippen LogP contribution in [-0.4, -0.2) is 44.7 Å². The Hall–Kier alpha value is -1.92. The second-order valence-electron chi connectivity index (χ2n) is 6.60. The number of benzene rings is 1. The Morgan fingerprint density at radius 2 is 1.74 bits per heavy atom. The van der Waals surface area contributed by atoms with E-state index in [1.807, 2.05) is 30.3 Å². The number of esters is 2. The van der Waals surface area contributed by atoms with Crippen LogP contribution in [0.15, 0.2) is 30.3 Å². The van der Waals surface area contributed by atoms with Crippen molar-refractivity contribution in [2.45, 2.75) is 52.2 Å². The smallest absolute Gasteiger partial charge is 0.323 e. The first-order chi connectivity index (χ1) is 13.1. The fraction of sp³-hybridized carbons (Fsp3) is 0.619. The summed E-state index contributed by atoms with van der Waals surface area (Å²) in [6.07, 6.45) is 3.01. The lowest BCUT2D eigenvalue weighted by atomic mass is 9.78. The van der Waals surface area contributed by atoms with Crippen LogP contribution in [0.2, 0.25) is 0 Å². The van der Waals surface area contributed by atoms with Crippen molar-refractivity contribution < 1.29 is 28.5 Å². The first kappa shape index (κ1) is 21.4. The molecule has 1 aromatic carbocycles. The molecule has 0 spiro atoms. The molecule has 1 aliphatic heterocycles. The van der Waals surface area contributed by atoms with Crippen molar-refractivity contribution in [1.82, 2.24) is 0 Å². The summed E-state index contributed by atoms with van der Waals surface area (Å²) in [5, 5.41) is 0. The molecule has 0 radical (unpaired) electrons. The number of rotatable bonds is 10. The quantitative estimate of drug-likeness (QED) is 0.460. The molecular weight excluding hydrogens is 348 g/mol. The Kier molecular flexibility index (Phi) is 8.75. The zero-order valence-electron chi connectivity index (χ0n) is 16.3. The van der Waals surface area contributed by atoms with Gasteiger partial charge in [-0.2, -0.15) is 0 Å². The average molecular weight is 378 g/mol. The van der Waals surface area contributed by atoms with E-state index in [9.17, 15) is 9.59 Å². The maximum Gasteiger partial charge on any atom is 0.323 e. The van der Waals surface area contributed by atoms with E-state index in [1.54, 1.807) is 13.8 Å². The third-order valence-electron chi connectivity index (χ3n) is 4.65. The van der Waals surface area contributed by atoms with E-state index >= 15 is 0 Å². The Morgan fingerprint density at radius 1 is 1.07 bits per heavy atom. The van der Waals surface area contributed by atoms with Gasteiger partial charge in [0.05, 0.1) is 19.8 Å². The van der Waals surface area contributed by atoms with Gasteiger partial charge in [-0.3, -0.25) is 9.59 Å². The number of hydrogen-bond donors (Lipinski definition) is 0. The van der Waals surface area contributed by atoms with Gasteiger partial charge in [0.15, 0.2) is 11.7 Å². The highest BCUT2D eigenvalue weighted by Crippen LogP contribution is 2.32. The van der Waals surface area contributed by atoms with Crippen LogP contribution >= 0.6 is 0 Å². The lowest BCUT2D eigenvalue weighted by Gasteiger charge is -2.30. The molecule has 1 fully saturated rings. The highest BCUT2D eigenvalue weighted by atomic mass is 16.7. The first-order valence-corrected chi connectivity index (χ1v) is 9.74. The monoisotopic (exact) mass is 378 g/mol. The molecule has 0 amide bonds. The minimum atomic E-state index is -1.43.